The number of halogens is 1. The lowest BCUT2D eigenvalue weighted by molar-refractivity contribution is -0.130. The molecule has 33 heavy (non-hydrogen) atoms. The van der Waals surface area contributed by atoms with E-state index >= 15 is 0 Å². The first-order chi connectivity index (χ1) is 16.0. The molecule has 0 N–H and O–H groups in total. The number of benzene rings is 1. The molecule has 168 valence electrons. The number of rotatable bonds is 4. The summed E-state index contributed by atoms with van der Waals surface area (Å²) in [6, 6.07) is 14.8. The Hall–Kier alpha value is -3.74. The minimum Gasteiger partial charge on any atom is -0.353 e. The van der Waals surface area contributed by atoms with Gasteiger partial charge in [-0.1, -0.05) is 12.1 Å². The van der Waals surface area contributed by atoms with Crippen LogP contribution < -0.4 is 4.90 Å². The molecular formula is C26H26FN5O. The van der Waals surface area contributed by atoms with Gasteiger partial charge in [-0.3, -0.25) is 4.79 Å². The molecule has 7 heteroatoms. The van der Waals surface area contributed by atoms with E-state index in [1.54, 1.807) is 25.3 Å². The van der Waals surface area contributed by atoms with Gasteiger partial charge in [0.05, 0.1) is 17.8 Å². The first kappa shape index (κ1) is 21.1. The second kappa shape index (κ2) is 8.65. The van der Waals surface area contributed by atoms with Gasteiger partial charge in [0.2, 0.25) is 5.91 Å². The highest BCUT2D eigenvalue weighted by Crippen LogP contribution is 2.27. The molecule has 0 saturated carbocycles. The third-order valence-electron chi connectivity index (χ3n) is 6.22. The van der Waals surface area contributed by atoms with Crippen LogP contribution in [0.3, 0.4) is 0 Å². The third-order valence-corrected chi connectivity index (χ3v) is 6.22. The molecule has 0 unspecified atom stereocenters. The van der Waals surface area contributed by atoms with E-state index in [1.165, 1.54) is 6.07 Å². The summed E-state index contributed by atoms with van der Waals surface area (Å²) in [5.74, 6) is 0.761. The van der Waals surface area contributed by atoms with Crippen molar-refractivity contribution in [3.63, 3.8) is 0 Å². The summed E-state index contributed by atoms with van der Waals surface area (Å²) in [5, 5.41) is 0. The van der Waals surface area contributed by atoms with Crippen LogP contribution in [0.15, 0.2) is 60.9 Å². The van der Waals surface area contributed by atoms with Crippen LogP contribution in [0.4, 0.5) is 10.2 Å². The van der Waals surface area contributed by atoms with Crippen molar-refractivity contribution in [1.82, 2.24) is 19.3 Å². The normalized spacial score (nSPS) is 14.2. The predicted molar refractivity (Wildman–Crippen MR) is 127 cm³/mol. The molecule has 4 aromatic rings. The van der Waals surface area contributed by atoms with Crippen LogP contribution in [0.5, 0.6) is 0 Å². The van der Waals surface area contributed by atoms with Gasteiger partial charge in [0, 0.05) is 44.1 Å². The maximum absolute atomic E-state index is 13.9. The fourth-order valence-electron chi connectivity index (χ4n) is 4.37. The van der Waals surface area contributed by atoms with E-state index < -0.39 is 0 Å². The lowest BCUT2D eigenvalue weighted by atomic mass is 10.1. The maximum atomic E-state index is 13.9. The Morgan fingerprint density at radius 1 is 1.03 bits per heavy atom. The van der Waals surface area contributed by atoms with Crippen LogP contribution in [-0.2, 0) is 11.2 Å². The Labute approximate surface area is 192 Å². The highest BCUT2D eigenvalue weighted by molar-refractivity contribution is 5.82. The van der Waals surface area contributed by atoms with Gasteiger partial charge in [0.1, 0.15) is 17.3 Å². The van der Waals surface area contributed by atoms with Gasteiger partial charge in [-0.15, -0.1) is 0 Å². The molecule has 0 aliphatic carbocycles. The summed E-state index contributed by atoms with van der Waals surface area (Å²) >= 11 is 0. The fraction of sp³-hybridized carbons (Fsp3) is 0.269. The van der Waals surface area contributed by atoms with Gasteiger partial charge in [0.25, 0.3) is 0 Å². The van der Waals surface area contributed by atoms with Crippen molar-refractivity contribution in [2.45, 2.75) is 20.3 Å². The van der Waals surface area contributed by atoms with Crippen LogP contribution >= 0.6 is 0 Å². The molecule has 5 rings (SSSR count). The Morgan fingerprint density at radius 3 is 2.58 bits per heavy atom. The number of piperazine rings is 1. The Bertz CT molecular complexity index is 1310. The van der Waals surface area contributed by atoms with Gasteiger partial charge in [-0.05, 0) is 61.4 Å². The lowest BCUT2D eigenvalue weighted by Crippen LogP contribution is -2.49. The first-order valence-corrected chi connectivity index (χ1v) is 11.2. The first-order valence-electron chi connectivity index (χ1n) is 11.2. The van der Waals surface area contributed by atoms with E-state index in [0.717, 1.165) is 47.1 Å². The highest BCUT2D eigenvalue weighted by atomic mass is 19.1. The van der Waals surface area contributed by atoms with E-state index in [1.807, 2.05) is 52.8 Å². The van der Waals surface area contributed by atoms with Gasteiger partial charge in [0.15, 0.2) is 0 Å². The SMILES string of the molecule is Cc1ccc2nc(-c3ccc(F)c(C)c3)c(CC(=O)N3CCN(c4ccccn4)CC3)n2c1. The number of nitrogens with zero attached hydrogens (tertiary/aromatic N) is 5. The summed E-state index contributed by atoms with van der Waals surface area (Å²) in [7, 11) is 0. The second-order valence-corrected chi connectivity index (χ2v) is 8.54. The zero-order valence-electron chi connectivity index (χ0n) is 18.8. The van der Waals surface area contributed by atoms with Crippen molar-refractivity contribution in [3.05, 3.63) is 83.6 Å². The molecule has 0 atom stereocenters. The molecule has 3 aromatic heterocycles. The van der Waals surface area contributed by atoms with Crippen LogP contribution in [0.25, 0.3) is 16.9 Å². The number of carbonyl (C=O) groups is 1. The number of hydrogen-bond acceptors (Lipinski definition) is 4. The second-order valence-electron chi connectivity index (χ2n) is 8.54. The van der Waals surface area contributed by atoms with Crippen molar-refractivity contribution in [1.29, 1.82) is 0 Å². The largest absolute Gasteiger partial charge is 0.353 e. The summed E-state index contributed by atoms with van der Waals surface area (Å²) in [6.45, 7) is 6.55. The van der Waals surface area contributed by atoms with Gasteiger partial charge in [-0.2, -0.15) is 0 Å². The summed E-state index contributed by atoms with van der Waals surface area (Å²) in [4.78, 5) is 26.7. The molecule has 1 saturated heterocycles. The number of imidazole rings is 1. The maximum Gasteiger partial charge on any atom is 0.228 e. The number of anilines is 1. The number of pyridine rings is 2. The summed E-state index contributed by atoms with van der Waals surface area (Å²) in [5.41, 5.74) is 4.79. The van der Waals surface area contributed by atoms with E-state index in [9.17, 15) is 9.18 Å². The molecule has 0 bridgehead atoms. The Kier molecular flexibility index (Phi) is 5.54. The molecule has 1 aromatic carbocycles. The number of aromatic nitrogens is 3. The molecule has 1 amide bonds. The van der Waals surface area contributed by atoms with E-state index in [2.05, 4.69) is 9.88 Å². The molecule has 0 spiro atoms. The predicted octanol–water partition coefficient (Wildman–Crippen LogP) is 4.04. The van der Waals surface area contributed by atoms with Crippen LogP contribution in [0.1, 0.15) is 16.8 Å². The minimum atomic E-state index is -0.248. The number of amides is 1. The van der Waals surface area contributed by atoms with Crippen molar-refractivity contribution in [2.75, 3.05) is 31.1 Å². The average molecular weight is 444 g/mol. The topological polar surface area (TPSA) is 53.7 Å². The number of carbonyl (C=O) groups excluding carboxylic acids is 1. The van der Waals surface area contributed by atoms with Crippen molar-refractivity contribution >= 4 is 17.4 Å². The van der Waals surface area contributed by atoms with Gasteiger partial charge >= 0.3 is 0 Å². The van der Waals surface area contributed by atoms with E-state index in [4.69, 9.17) is 4.98 Å². The number of hydrogen-bond donors (Lipinski definition) is 0. The van der Waals surface area contributed by atoms with Gasteiger partial charge < -0.3 is 14.2 Å². The molecule has 1 aliphatic heterocycles. The number of aryl methyl sites for hydroxylation is 2. The Balaban J connectivity index is 1.41. The minimum absolute atomic E-state index is 0.0686. The molecular weight excluding hydrogens is 417 g/mol. The summed E-state index contributed by atoms with van der Waals surface area (Å²) in [6.07, 6.45) is 4.03. The van der Waals surface area contributed by atoms with E-state index in [-0.39, 0.29) is 18.1 Å². The zero-order valence-corrected chi connectivity index (χ0v) is 18.8. The molecule has 1 fully saturated rings. The van der Waals surface area contributed by atoms with Crippen molar-refractivity contribution in [2.24, 2.45) is 0 Å². The number of fused-ring (bicyclic) bond motifs is 1. The average Bonchev–Trinajstić information content (AvgIpc) is 3.19. The zero-order chi connectivity index (χ0) is 22.9. The molecule has 0 radical (unpaired) electrons. The molecule has 4 heterocycles. The standard InChI is InChI=1S/C26H26FN5O/c1-18-6-9-24-29-26(20-7-8-21(27)19(2)15-20)22(32(24)17-18)16-25(33)31-13-11-30(12-14-31)23-5-3-4-10-28-23/h3-10,15,17H,11-14,16H2,1-2H3. The Morgan fingerprint density at radius 2 is 1.85 bits per heavy atom. The highest BCUT2D eigenvalue weighted by Gasteiger charge is 2.25. The van der Waals surface area contributed by atoms with Crippen LogP contribution in [-0.4, -0.2) is 51.4 Å². The van der Waals surface area contributed by atoms with Crippen LogP contribution in [0, 0.1) is 19.7 Å². The smallest absolute Gasteiger partial charge is 0.228 e. The third kappa shape index (κ3) is 4.18. The quantitative estimate of drug-likeness (QED) is 0.478. The molecule has 1 aliphatic rings. The monoisotopic (exact) mass is 443 g/mol. The lowest BCUT2D eigenvalue weighted by Gasteiger charge is -2.35. The van der Waals surface area contributed by atoms with Crippen LogP contribution in [0.2, 0.25) is 0 Å². The molecule has 6 nitrogen and oxygen atoms in total. The fourth-order valence-corrected chi connectivity index (χ4v) is 4.37. The van der Waals surface area contributed by atoms with Gasteiger partial charge in [-0.25, -0.2) is 14.4 Å². The van der Waals surface area contributed by atoms with Crippen molar-refractivity contribution < 1.29 is 9.18 Å². The van der Waals surface area contributed by atoms with Crippen molar-refractivity contribution in [3.8, 4) is 11.3 Å². The summed E-state index contributed by atoms with van der Waals surface area (Å²) < 4.78 is 15.9. The van der Waals surface area contributed by atoms with E-state index in [0.29, 0.717) is 18.7 Å².